The molecule has 1 saturated carbocycles. The van der Waals surface area contributed by atoms with Crippen molar-refractivity contribution in [3.8, 4) is 6.07 Å². The van der Waals surface area contributed by atoms with Crippen molar-refractivity contribution in [2.45, 2.75) is 71.3 Å². The zero-order valence-corrected chi connectivity index (χ0v) is 11.0. The molecule has 0 aromatic carbocycles. The average molecular weight is 223 g/mol. The summed E-state index contributed by atoms with van der Waals surface area (Å²) in [6.45, 7) is 6.93. The largest absolute Gasteiger partial charge is 0.376 e. The molecule has 16 heavy (non-hydrogen) atoms. The van der Waals surface area contributed by atoms with Crippen LogP contribution < -0.4 is 0 Å². The van der Waals surface area contributed by atoms with Crippen molar-refractivity contribution < 1.29 is 4.74 Å². The van der Waals surface area contributed by atoms with Crippen molar-refractivity contribution in [2.75, 3.05) is 6.61 Å². The van der Waals surface area contributed by atoms with Gasteiger partial charge in [0.2, 0.25) is 0 Å². The topological polar surface area (TPSA) is 33.0 Å². The van der Waals surface area contributed by atoms with Crippen molar-refractivity contribution in [1.82, 2.24) is 0 Å². The van der Waals surface area contributed by atoms with E-state index < -0.39 is 0 Å². The minimum Gasteiger partial charge on any atom is -0.376 e. The van der Waals surface area contributed by atoms with E-state index in [1.165, 1.54) is 25.7 Å². The molecule has 0 aromatic heterocycles. The summed E-state index contributed by atoms with van der Waals surface area (Å²) in [7, 11) is 0. The highest BCUT2D eigenvalue weighted by molar-refractivity contribution is 4.99. The van der Waals surface area contributed by atoms with Gasteiger partial charge in [0, 0.05) is 6.61 Å². The van der Waals surface area contributed by atoms with Gasteiger partial charge >= 0.3 is 0 Å². The summed E-state index contributed by atoms with van der Waals surface area (Å²) in [5, 5.41) is 9.39. The number of nitriles is 1. The van der Waals surface area contributed by atoms with E-state index in [0.29, 0.717) is 0 Å². The third kappa shape index (κ3) is 4.53. The van der Waals surface area contributed by atoms with Crippen LogP contribution in [0.15, 0.2) is 0 Å². The predicted octanol–water partition coefficient (Wildman–Crippen LogP) is 4.06. The molecule has 0 aromatic rings. The standard InChI is InChI=1S/C14H25NO/c1-13(2,3)16-11-10-14(12-15)8-6-4-5-7-9-14/h4-11H2,1-3H3. The monoisotopic (exact) mass is 223 g/mol. The van der Waals surface area contributed by atoms with Gasteiger partial charge in [-0.05, 0) is 40.0 Å². The Morgan fingerprint density at radius 2 is 1.69 bits per heavy atom. The molecule has 92 valence electrons. The normalized spacial score (nSPS) is 21.1. The maximum atomic E-state index is 9.39. The second kappa shape index (κ2) is 5.68. The van der Waals surface area contributed by atoms with Crippen molar-refractivity contribution in [1.29, 1.82) is 5.26 Å². The molecular formula is C14H25NO. The van der Waals surface area contributed by atoms with Crippen molar-refractivity contribution in [2.24, 2.45) is 5.41 Å². The molecular weight excluding hydrogens is 198 g/mol. The Labute approximate surface area is 100.0 Å². The van der Waals surface area contributed by atoms with E-state index in [-0.39, 0.29) is 11.0 Å². The van der Waals surface area contributed by atoms with Crippen LogP contribution in [0.2, 0.25) is 0 Å². The van der Waals surface area contributed by atoms with Gasteiger partial charge in [0.25, 0.3) is 0 Å². The van der Waals surface area contributed by atoms with Crippen LogP contribution in [0.5, 0.6) is 0 Å². The average Bonchev–Trinajstić information content (AvgIpc) is 2.42. The summed E-state index contributed by atoms with van der Waals surface area (Å²) in [6.07, 6.45) is 8.05. The van der Waals surface area contributed by atoms with Crippen molar-refractivity contribution in [3.63, 3.8) is 0 Å². The summed E-state index contributed by atoms with van der Waals surface area (Å²) in [4.78, 5) is 0. The Morgan fingerprint density at radius 1 is 1.12 bits per heavy atom. The zero-order chi connectivity index (χ0) is 12.1. The Bertz CT molecular complexity index is 238. The minimum atomic E-state index is -0.0955. The third-order valence-electron chi connectivity index (χ3n) is 3.41. The van der Waals surface area contributed by atoms with Crippen LogP contribution in [-0.4, -0.2) is 12.2 Å². The van der Waals surface area contributed by atoms with Crippen LogP contribution in [0.25, 0.3) is 0 Å². The SMILES string of the molecule is CC(C)(C)OCCC1(C#N)CCCCCC1. The second-order valence-corrected chi connectivity index (χ2v) is 6.02. The summed E-state index contributed by atoms with van der Waals surface area (Å²) >= 11 is 0. The molecule has 0 aliphatic heterocycles. The highest BCUT2D eigenvalue weighted by Crippen LogP contribution is 2.37. The Balaban J connectivity index is 2.44. The molecule has 2 heteroatoms. The number of hydrogen-bond acceptors (Lipinski definition) is 2. The van der Waals surface area contributed by atoms with E-state index in [1.54, 1.807) is 0 Å². The molecule has 0 saturated heterocycles. The van der Waals surface area contributed by atoms with Gasteiger partial charge in [-0.2, -0.15) is 5.26 Å². The number of ether oxygens (including phenoxy) is 1. The second-order valence-electron chi connectivity index (χ2n) is 6.02. The number of rotatable bonds is 3. The molecule has 0 N–H and O–H groups in total. The lowest BCUT2D eigenvalue weighted by Gasteiger charge is -2.27. The fraction of sp³-hybridized carbons (Fsp3) is 0.929. The van der Waals surface area contributed by atoms with Crippen LogP contribution in [0.1, 0.15) is 65.7 Å². The molecule has 1 rings (SSSR count). The van der Waals surface area contributed by atoms with Crippen LogP contribution in [0, 0.1) is 16.7 Å². The van der Waals surface area contributed by atoms with Crippen LogP contribution in [0.4, 0.5) is 0 Å². The highest BCUT2D eigenvalue weighted by Gasteiger charge is 2.30. The van der Waals surface area contributed by atoms with Gasteiger partial charge in [0.05, 0.1) is 17.1 Å². The smallest absolute Gasteiger partial charge is 0.0690 e. The molecule has 1 aliphatic carbocycles. The predicted molar refractivity (Wildman–Crippen MR) is 66.1 cm³/mol. The maximum Gasteiger partial charge on any atom is 0.0690 e. The van der Waals surface area contributed by atoms with E-state index in [2.05, 4.69) is 26.8 Å². The van der Waals surface area contributed by atoms with Gasteiger partial charge in [0.15, 0.2) is 0 Å². The van der Waals surface area contributed by atoms with E-state index in [0.717, 1.165) is 25.9 Å². The summed E-state index contributed by atoms with van der Waals surface area (Å²) in [6, 6.07) is 2.56. The summed E-state index contributed by atoms with van der Waals surface area (Å²) in [5.41, 5.74) is -0.177. The van der Waals surface area contributed by atoms with Crippen molar-refractivity contribution >= 4 is 0 Å². The maximum absolute atomic E-state index is 9.39. The first-order valence-electron chi connectivity index (χ1n) is 6.53. The van der Waals surface area contributed by atoms with Gasteiger partial charge in [0.1, 0.15) is 0 Å². The molecule has 2 nitrogen and oxygen atoms in total. The van der Waals surface area contributed by atoms with Gasteiger partial charge in [-0.15, -0.1) is 0 Å². The fourth-order valence-electron chi connectivity index (χ4n) is 2.38. The number of nitrogens with zero attached hydrogens (tertiary/aromatic N) is 1. The molecule has 0 amide bonds. The zero-order valence-electron chi connectivity index (χ0n) is 11.0. The van der Waals surface area contributed by atoms with Crippen molar-refractivity contribution in [3.05, 3.63) is 0 Å². The van der Waals surface area contributed by atoms with Crippen LogP contribution >= 0.6 is 0 Å². The molecule has 1 aliphatic rings. The molecule has 0 unspecified atom stereocenters. The lowest BCUT2D eigenvalue weighted by atomic mass is 9.79. The van der Waals surface area contributed by atoms with Gasteiger partial charge < -0.3 is 4.74 Å². The van der Waals surface area contributed by atoms with Gasteiger partial charge in [-0.1, -0.05) is 25.7 Å². The summed E-state index contributed by atoms with van der Waals surface area (Å²) < 4.78 is 5.75. The Hall–Kier alpha value is -0.550. The lowest BCUT2D eigenvalue weighted by molar-refractivity contribution is -0.0150. The molecule has 0 radical (unpaired) electrons. The first-order chi connectivity index (χ1) is 7.47. The minimum absolute atomic E-state index is 0.0820. The number of hydrogen-bond donors (Lipinski definition) is 0. The molecule has 0 spiro atoms. The highest BCUT2D eigenvalue weighted by atomic mass is 16.5. The van der Waals surface area contributed by atoms with Crippen LogP contribution in [0.3, 0.4) is 0 Å². The first-order valence-corrected chi connectivity index (χ1v) is 6.53. The van der Waals surface area contributed by atoms with E-state index in [9.17, 15) is 5.26 Å². The molecule has 0 bridgehead atoms. The van der Waals surface area contributed by atoms with E-state index >= 15 is 0 Å². The van der Waals surface area contributed by atoms with E-state index in [1.807, 2.05) is 0 Å². The van der Waals surface area contributed by atoms with E-state index in [4.69, 9.17) is 4.74 Å². The molecule has 0 atom stereocenters. The third-order valence-corrected chi connectivity index (χ3v) is 3.41. The first kappa shape index (κ1) is 13.5. The van der Waals surface area contributed by atoms with Gasteiger partial charge in [-0.3, -0.25) is 0 Å². The molecule has 1 fully saturated rings. The quantitative estimate of drug-likeness (QED) is 0.676. The fourth-order valence-corrected chi connectivity index (χ4v) is 2.38. The van der Waals surface area contributed by atoms with Crippen LogP contribution in [-0.2, 0) is 4.74 Å². The van der Waals surface area contributed by atoms with Gasteiger partial charge in [-0.25, -0.2) is 0 Å². The summed E-state index contributed by atoms with van der Waals surface area (Å²) in [5.74, 6) is 0. The molecule has 0 heterocycles. The Morgan fingerprint density at radius 3 is 2.12 bits per heavy atom. The lowest BCUT2D eigenvalue weighted by Crippen LogP contribution is -2.25. The Kier molecular flexibility index (Phi) is 4.80.